The molecule has 0 aliphatic rings. The molecule has 0 fully saturated rings. The van der Waals surface area contributed by atoms with Crippen molar-refractivity contribution >= 4 is 0 Å². The SMILES string of the molecule is Cc1cc(C)c(-c2c[c]ccc2)cn1. The third-order valence-electron chi connectivity index (χ3n) is 2.27. The lowest BCUT2D eigenvalue weighted by Crippen LogP contribution is -1.87. The number of aryl methyl sites for hydroxylation is 2. The first-order valence-electron chi connectivity index (χ1n) is 4.67. The van der Waals surface area contributed by atoms with Crippen molar-refractivity contribution in [1.82, 2.24) is 4.98 Å². The Bertz CT molecular complexity index is 432. The predicted molar refractivity (Wildman–Crippen MR) is 58.0 cm³/mol. The van der Waals surface area contributed by atoms with Gasteiger partial charge in [-0.3, -0.25) is 4.98 Å². The number of hydrogen-bond donors (Lipinski definition) is 0. The average molecular weight is 182 g/mol. The Balaban J connectivity index is 2.53. The van der Waals surface area contributed by atoms with Crippen LogP contribution in [0.3, 0.4) is 0 Å². The monoisotopic (exact) mass is 182 g/mol. The molecule has 0 saturated heterocycles. The van der Waals surface area contributed by atoms with Crippen molar-refractivity contribution < 1.29 is 0 Å². The van der Waals surface area contributed by atoms with Crippen LogP contribution < -0.4 is 0 Å². The van der Waals surface area contributed by atoms with Crippen molar-refractivity contribution in [3.8, 4) is 11.1 Å². The molecule has 2 rings (SSSR count). The Kier molecular flexibility index (Phi) is 2.32. The molecule has 0 bridgehead atoms. The smallest absolute Gasteiger partial charge is 0.0375 e. The number of rotatable bonds is 1. The van der Waals surface area contributed by atoms with Gasteiger partial charge in [-0.15, -0.1) is 0 Å². The highest BCUT2D eigenvalue weighted by Gasteiger charge is 2.01. The zero-order valence-electron chi connectivity index (χ0n) is 8.41. The van der Waals surface area contributed by atoms with Gasteiger partial charge < -0.3 is 0 Å². The van der Waals surface area contributed by atoms with Crippen LogP contribution in [0.5, 0.6) is 0 Å². The maximum atomic E-state index is 4.30. The number of pyridine rings is 1. The normalized spacial score (nSPS) is 10.1. The lowest BCUT2D eigenvalue weighted by molar-refractivity contribution is 1.18. The summed E-state index contributed by atoms with van der Waals surface area (Å²) in [6.07, 6.45) is 1.92. The molecule has 69 valence electrons. The Hall–Kier alpha value is -1.63. The van der Waals surface area contributed by atoms with Crippen LogP contribution in [0.1, 0.15) is 11.3 Å². The molecule has 0 N–H and O–H groups in total. The first kappa shape index (κ1) is 8.95. The van der Waals surface area contributed by atoms with Crippen molar-refractivity contribution in [1.29, 1.82) is 0 Å². The van der Waals surface area contributed by atoms with Crippen LogP contribution in [0.2, 0.25) is 0 Å². The zero-order valence-corrected chi connectivity index (χ0v) is 8.41. The fourth-order valence-electron chi connectivity index (χ4n) is 1.56. The maximum absolute atomic E-state index is 4.30. The third-order valence-corrected chi connectivity index (χ3v) is 2.27. The molecule has 0 spiro atoms. The van der Waals surface area contributed by atoms with Crippen LogP contribution in [0.25, 0.3) is 11.1 Å². The Morgan fingerprint density at radius 1 is 1.29 bits per heavy atom. The van der Waals surface area contributed by atoms with Gasteiger partial charge in [-0.1, -0.05) is 18.2 Å². The lowest BCUT2D eigenvalue weighted by Gasteiger charge is -2.05. The lowest BCUT2D eigenvalue weighted by atomic mass is 10.0. The van der Waals surface area contributed by atoms with Crippen molar-refractivity contribution in [3.63, 3.8) is 0 Å². The molecule has 0 aliphatic heterocycles. The van der Waals surface area contributed by atoms with E-state index in [-0.39, 0.29) is 0 Å². The van der Waals surface area contributed by atoms with E-state index < -0.39 is 0 Å². The minimum Gasteiger partial charge on any atom is -0.261 e. The minimum absolute atomic E-state index is 1.06. The Labute approximate surface area is 84.4 Å². The summed E-state index contributed by atoms with van der Waals surface area (Å²) in [6.45, 7) is 4.12. The topological polar surface area (TPSA) is 12.9 Å². The molecule has 14 heavy (non-hydrogen) atoms. The molecule has 0 aliphatic carbocycles. The summed E-state index contributed by atoms with van der Waals surface area (Å²) < 4.78 is 0. The molecule has 0 saturated carbocycles. The summed E-state index contributed by atoms with van der Waals surface area (Å²) in [5.74, 6) is 0. The van der Waals surface area contributed by atoms with Gasteiger partial charge in [-0.05, 0) is 43.2 Å². The molecule has 1 heterocycles. The van der Waals surface area contributed by atoms with Gasteiger partial charge in [0.15, 0.2) is 0 Å². The van der Waals surface area contributed by atoms with Crippen molar-refractivity contribution in [3.05, 3.63) is 53.9 Å². The van der Waals surface area contributed by atoms with Gasteiger partial charge in [-0.25, -0.2) is 0 Å². The Morgan fingerprint density at radius 3 is 2.79 bits per heavy atom. The second-order valence-electron chi connectivity index (χ2n) is 3.43. The van der Waals surface area contributed by atoms with Crippen LogP contribution >= 0.6 is 0 Å². The summed E-state index contributed by atoms with van der Waals surface area (Å²) in [7, 11) is 0. The van der Waals surface area contributed by atoms with Crippen LogP contribution in [0.15, 0.2) is 36.5 Å². The third kappa shape index (κ3) is 1.67. The molecule has 1 aromatic heterocycles. The van der Waals surface area contributed by atoms with Crippen LogP contribution in [-0.4, -0.2) is 4.98 Å². The van der Waals surface area contributed by atoms with E-state index in [4.69, 9.17) is 0 Å². The first-order valence-corrected chi connectivity index (χ1v) is 4.67. The van der Waals surface area contributed by atoms with Crippen LogP contribution in [0, 0.1) is 19.9 Å². The van der Waals surface area contributed by atoms with E-state index in [1.54, 1.807) is 0 Å². The predicted octanol–water partition coefficient (Wildman–Crippen LogP) is 3.17. The number of hydrogen-bond acceptors (Lipinski definition) is 1. The van der Waals surface area contributed by atoms with E-state index in [0.29, 0.717) is 0 Å². The minimum atomic E-state index is 1.06. The molecule has 1 aromatic carbocycles. The Morgan fingerprint density at radius 2 is 2.14 bits per heavy atom. The summed E-state index contributed by atoms with van der Waals surface area (Å²) in [5, 5.41) is 0. The highest BCUT2D eigenvalue weighted by molar-refractivity contribution is 5.65. The zero-order chi connectivity index (χ0) is 9.97. The summed E-state index contributed by atoms with van der Waals surface area (Å²) in [4.78, 5) is 4.30. The van der Waals surface area contributed by atoms with Gasteiger partial charge in [0.05, 0.1) is 0 Å². The highest BCUT2D eigenvalue weighted by Crippen LogP contribution is 2.21. The highest BCUT2D eigenvalue weighted by atomic mass is 14.7. The summed E-state index contributed by atoms with van der Waals surface area (Å²) >= 11 is 0. The summed E-state index contributed by atoms with van der Waals surface area (Å²) in [5.41, 5.74) is 4.69. The quantitative estimate of drug-likeness (QED) is 0.660. The van der Waals surface area contributed by atoms with Gasteiger partial charge >= 0.3 is 0 Å². The molecule has 0 amide bonds. The van der Waals surface area contributed by atoms with Crippen molar-refractivity contribution in [2.75, 3.05) is 0 Å². The maximum Gasteiger partial charge on any atom is 0.0375 e. The number of aromatic nitrogens is 1. The average Bonchev–Trinajstić information content (AvgIpc) is 2.19. The standard InChI is InChI=1S/C13H12N/c1-10-8-11(2)14-9-13(10)12-6-4-3-5-7-12/h3-4,6-9H,1-2H3. The fraction of sp³-hybridized carbons (Fsp3) is 0.154. The molecule has 1 radical (unpaired) electrons. The molecular formula is C13H12N. The van der Waals surface area contributed by atoms with E-state index in [0.717, 1.165) is 5.69 Å². The molecule has 2 aromatic rings. The van der Waals surface area contributed by atoms with Gasteiger partial charge in [0, 0.05) is 17.5 Å². The van der Waals surface area contributed by atoms with Gasteiger partial charge in [0.25, 0.3) is 0 Å². The largest absolute Gasteiger partial charge is 0.261 e. The molecular weight excluding hydrogens is 170 g/mol. The van der Waals surface area contributed by atoms with Crippen molar-refractivity contribution in [2.45, 2.75) is 13.8 Å². The molecule has 1 nitrogen and oxygen atoms in total. The van der Waals surface area contributed by atoms with E-state index in [1.165, 1.54) is 16.7 Å². The van der Waals surface area contributed by atoms with Crippen molar-refractivity contribution in [2.24, 2.45) is 0 Å². The second-order valence-corrected chi connectivity index (χ2v) is 3.43. The number of nitrogens with zero attached hydrogens (tertiary/aromatic N) is 1. The van der Waals surface area contributed by atoms with Gasteiger partial charge in [0.2, 0.25) is 0 Å². The van der Waals surface area contributed by atoms with Gasteiger partial charge in [0.1, 0.15) is 0 Å². The van der Waals surface area contributed by atoms with E-state index in [9.17, 15) is 0 Å². The number of benzene rings is 1. The molecule has 0 unspecified atom stereocenters. The molecule has 1 heteroatoms. The van der Waals surface area contributed by atoms with Gasteiger partial charge in [-0.2, -0.15) is 0 Å². The second kappa shape index (κ2) is 3.62. The fourth-order valence-corrected chi connectivity index (χ4v) is 1.56. The molecule has 0 atom stereocenters. The van der Waals surface area contributed by atoms with Crippen LogP contribution in [0.4, 0.5) is 0 Å². The van der Waals surface area contributed by atoms with E-state index in [1.807, 2.05) is 31.3 Å². The van der Waals surface area contributed by atoms with Crippen LogP contribution in [-0.2, 0) is 0 Å². The summed E-state index contributed by atoms with van der Waals surface area (Å²) in [6, 6.07) is 13.1. The first-order chi connectivity index (χ1) is 6.77. The van der Waals surface area contributed by atoms with E-state index >= 15 is 0 Å². The van der Waals surface area contributed by atoms with E-state index in [2.05, 4.69) is 30.1 Å².